The molecule has 0 aliphatic heterocycles. The number of aromatic nitrogens is 1. The zero-order valence-electron chi connectivity index (χ0n) is 18.1. The van der Waals surface area contributed by atoms with Crippen LogP contribution in [0.4, 0.5) is 0 Å². The maximum absolute atomic E-state index is 10.3. The molecule has 0 spiro atoms. The van der Waals surface area contributed by atoms with Crippen molar-refractivity contribution in [1.82, 2.24) is 4.98 Å². The third kappa shape index (κ3) is 11.4. The Labute approximate surface area is 196 Å². The summed E-state index contributed by atoms with van der Waals surface area (Å²) in [5.41, 5.74) is 0.896. The standard InChI is InChI=1S/C23H40BrNO3Te/c1-2-3-4-5-6-7-8-9-10-11-12-13-14-15-16-29-23-21(28)19(17-26)20(18-27)22(24)25-23/h26-28H,2-18H2,1H3. The second-order valence-electron chi connectivity index (χ2n) is 7.77. The minimum absolute atomic E-state index is 0.0903. The molecule has 0 aliphatic carbocycles. The summed E-state index contributed by atoms with van der Waals surface area (Å²) in [7, 11) is 0. The molecule has 1 aromatic rings. The van der Waals surface area contributed by atoms with Crippen LogP contribution in [-0.2, 0) is 13.2 Å². The third-order valence-corrected chi connectivity index (χ3v) is 9.01. The molecule has 0 fully saturated rings. The van der Waals surface area contributed by atoms with E-state index >= 15 is 0 Å². The zero-order valence-corrected chi connectivity index (χ0v) is 22.0. The molecule has 0 amide bonds. The van der Waals surface area contributed by atoms with E-state index in [1.165, 1.54) is 89.9 Å². The van der Waals surface area contributed by atoms with Crippen LogP contribution in [0, 0.1) is 0 Å². The number of pyridine rings is 1. The Morgan fingerprint density at radius 2 is 1.17 bits per heavy atom. The van der Waals surface area contributed by atoms with Gasteiger partial charge in [-0.15, -0.1) is 0 Å². The van der Waals surface area contributed by atoms with Crippen molar-refractivity contribution < 1.29 is 15.3 Å². The molecule has 1 rings (SSSR count). The van der Waals surface area contributed by atoms with Gasteiger partial charge in [0.05, 0.1) is 0 Å². The molecule has 29 heavy (non-hydrogen) atoms. The fraction of sp³-hybridized carbons (Fsp3) is 0.783. The fourth-order valence-corrected chi connectivity index (χ4v) is 7.14. The maximum atomic E-state index is 10.3. The molecule has 0 saturated heterocycles. The second-order valence-corrected chi connectivity index (χ2v) is 11.6. The van der Waals surface area contributed by atoms with E-state index < -0.39 is 20.9 Å². The van der Waals surface area contributed by atoms with Gasteiger partial charge in [-0.2, -0.15) is 0 Å². The number of aliphatic hydroxyl groups is 2. The van der Waals surface area contributed by atoms with Crippen molar-refractivity contribution in [2.24, 2.45) is 0 Å². The Balaban J connectivity index is 2.05. The van der Waals surface area contributed by atoms with E-state index in [0.717, 1.165) is 8.21 Å². The van der Waals surface area contributed by atoms with Gasteiger partial charge in [-0.3, -0.25) is 0 Å². The van der Waals surface area contributed by atoms with Gasteiger partial charge >= 0.3 is 171 Å². The molecule has 1 heterocycles. The summed E-state index contributed by atoms with van der Waals surface area (Å²) >= 11 is 2.77. The van der Waals surface area contributed by atoms with Crippen LogP contribution in [-0.4, -0.2) is 41.2 Å². The van der Waals surface area contributed by atoms with Crippen molar-refractivity contribution in [3.05, 3.63) is 15.7 Å². The van der Waals surface area contributed by atoms with E-state index in [-0.39, 0.29) is 19.0 Å². The molecule has 0 radical (unpaired) electrons. The molecule has 0 saturated carbocycles. The summed E-state index contributed by atoms with van der Waals surface area (Å²) in [4.78, 5) is 4.41. The van der Waals surface area contributed by atoms with Crippen molar-refractivity contribution >= 4 is 40.6 Å². The zero-order chi connectivity index (χ0) is 21.3. The number of unbranched alkanes of at least 4 members (excludes halogenated alkanes) is 13. The van der Waals surface area contributed by atoms with Crippen LogP contribution in [0.25, 0.3) is 0 Å². The van der Waals surface area contributed by atoms with E-state index in [1.54, 1.807) is 0 Å². The average molecular weight is 586 g/mol. The van der Waals surface area contributed by atoms with E-state index in [2.05, 4.69) is 27.8 Å². The van der Waals surface area contributed by atoms with Crippen molar-refractivity contribution in [2.75, 3.05) is 0 Å². The van der Waals surface area contributed by atoms with Crippen LogP contribution in [0.2, 0.25) is 4.47 Å². The van der Waals surface area contributed by atoms with E-state index in [0.29, 0.717) is 15.7 Å². The molecular formula is C23H40BrNO3Te. The van der Waals surface area contributed by atoms with Crippen molar-refractivity contribution in [3.8, 4) is 5.75 Å². The van der Waals surface area contributed by atoms with Gasteiger partial charge in [-0.25, -0.2) is 0 Å². The van der Waals surface area contributed by atoms with Gasteiger partial charge in [0.2, 0.25) is 0 Å². The normalized spacial score (nSPS) is 11.3. The molecule has 0 atom stereocenters. The Morgan fingerprint density at radius 1 is 0.724 bits per heavy atom. The number of aliphatic hydroxyl groups excluding tert-OH is 2. The van der Waals surface area contributed by atoms with Gasteiger partial charge in [0, 0.05) is 0 Å². The molecule has 1 aromatic heterocycles. The second kappa shape index (κ2) is 17.8. The third-order valence-electron chi connectivity index (χ3n) is 5.35. The fourth-order valence-electron chi connectivity index (χ4n) is 3.50. The summed E-state index contributed by atoms with van der Waals surface area (Å²) in [5, 5.41) is 29.2. The first-order chi connectivity index (χ1) is 14.2. The van der Waals surface area contributed by atoms with Crippen LogP contribution in [0.3, 0.4) is 0 Å². The molecule has 4 nitrogen and oxygen atoms in total. The Bertz CT molecular complexity index is 557. The van der Waals surface area contributed by atoms with Crippen LogP contribution in [0.1, 0.15) is 108 Å². The number of rotatable bonds is 18. The minimum atomic E-state index is -0.575. The predicted octanol–water partition coefficient (Wildman–Crippen LogP) is 5.76. The van der Waals surface area contributed by atoms with Gasteiger partial charge < -0.3 is 0 Å². The van der Waals surface area contributed by atoms with Gasteiger partial charge in [-0.1, -0.05) is 26.2 Å². The van der Waals surface area contributed by atoms with E-state index in [4.69, 9.17) is 0 Å². The Hall–Kier alpha value is 0.140. The first-order valence-electron chi connectivity index (χ1n) is 11.4. The summed E-state index contributed by atoms with van der Waals surface area (Å²) in [6.07, 6.45) is 19.1. The molecule has 0 unspecified atom stereocenters. The van der Waals surface area contributed by atoms with Gasteiger partial charge in [0.25, 0.3) is 0 Å². The average Bonchev–Trinajstić information content (AvgIpc) is 2.72. The number of halogens is 1. The Morgan fingerprint density at radius 3 is 1.62 bits per heavy atom. The summed E-state index contributed by atoms with van der Waals surface area (Å²) in [6, 6.07) is 0. The Kier molecular flexibility index (Phi) is 16.7. The quantitative estimate of drug-likeness (QED) is 0.116. The predicted molar refractivity (Wildman–Crippen MR) is 126 cm³/mol. The molecule has 0 aliphatic rings. The monoisotopic (exact) mass is 587 g/mol. The molecule has 0 bridgehead atoms. The van der Waals surface area contributed by atoms with Crippen LogP contribution < -0.4 is 3.74 Å². The van der Waals surface area contributed by atoms with E-state index in [1.807, 2.05) is 0 Å². The molecule has 0 aromatic carbocycles. The summed E-state index contributed by atoms with van der Waals surface area (Å²) in [5.74, 6) is 0.0903. The summed E-state index contributed by atoms with van der Waals surface area (Å²) in [6.45, 7) is 1.76. The van der Waals surface area contributed by atoms with Crippen molar-refractivity contribution in [3.63, 3.8) is 0 Å². The number of hydrogen-bond acceptors (Lipinski definition) is 4. The van der Waals surface area contributed by atoms with Crippen LogP contribution in [0.15, 0.2) is 4.60 Å². The van der Waals surface area contributed by atoms with Crippen LogP contribution in [0.5, 0.6) is 5.75 Å². The molecule has 168 valence electrons. The van der Waals surface area contributed by atoms with Crippen LogP contribution >= 0.6 is 15.9 Å². The van der Waals surface area contributed by atoms with Crippen molar-refractivity contribution in [2.45, 2.75) is 114 Å². The first kappa shape index (κ1) is 27.2. The molecule has 3 N–H and O–H groups in total. The van der Waals surface area contributed by atoms with E-state index in [9.17, 15) is 15.3 Å². The SMILES string of the molecule is CCCCCCCCCCCCCCCC[Te]c1nc(Br)c(CO)c(CO)c1O. The van der Waals surface area contributed by atoms with Gasteiger partial charge in [0.15, 0.2) is 0 Å². The van der Waals surface area contributed by atoms with Crippen molar-refractivity contribution in [1.29, 1.82) is 0 Å². The number of hydrogen-bond donors (Lipinski definition) is 3. The summed E-state index contributed by atoms with van der Waals surface area (Å²) < 4.78 is 2.39. The molecular weight excluding hydrogens is 546 g/mol. The first-order valence-corrected chi connectivity index (χ1v) is 15.0. The number of nitrogens with zero attached hydrogens (tertiary/aromatic N) is 1. The van der Waals surface area contributed by atoms with Gasteiger partial charge in [-0.05, 0) is 0 Å². The molecule has 6 heteroatoms. The van der Waals surface area contributed by atoms with Gasteiger partial charge in [0.1, 0.15) is 0 Å². The topological polar surface area (TPSA) is 73.6 Å². The number of aromatic hydroxyl groups is 1.